The number of hydrogen-bond acceptors (Lipinski definition) is 10. The highest BCUT2D eigenvalue weighted by Gasteiger charge is 2.77. The second-order valence-electron chi connectivity index (χ2n) is 10.6. The first-order valence-electron chi connectivity index (χ1n) is 12.9. The van der Waals surface area contributed by atoms with Gasteiger partial charge in [-0.2, -0.15) is 20.8 Å². The Bertz CT molecular complexity index is 1550. The third kappa shape index (κ3) is 3.75. The van der Waals surface area contributed by atoms with Gasteiger partial charge in [0.2, 0.25) is 11.8 Å². The molecule has 5 rings (SSSR count). The molecule has 2 heterocycles. The molecule has 10 heteroatoms. The molecule has 1 aliphatic carbocycles. The molecule has 41 heavy (non-hydrogen) atoms. The fraction of sp³-hybridized carbons (Fsp3) is 0.355. The fourth-order valence-corrected chi connectivity index (χ4v) is 6.52. The molecule has 0 bridgehead atoms. The maximum absolute atomic E-state index is 12.9. The highest BCUT2D eigenvalue weighted by molar-refractivity contribution is 5.60. The van der Waals surface area contributed by atoms with Gasteiger partial charge >= 0.3 is 0 Å². The lowest BCUT2D eigenvalue weighted by Gasteiger charge is -2.41. The van der Waals surface area contributed by atoms with Gasteiger partial charge in [-0.15, -0.1) is 0 Å². The molecule has 10 nitrogen and oxygen atoms in total. The zero-order chi connectivity index (χ0) is 29.6. The summed E-state index contributed by atoms with van der Waals surface area (Å²) in [5.74, 6) is -0.619. The standard InChI is InChI=1S/C31H29N5O5/c1-36(2)15-22-25(19-8-6-5-7-9-19)31(21-12-10-20(11-13-21)29(16-32,17-33)18-34)30(38,27(22)37)26-23(41-31)14-24(39-3)35-28(26)40-4/h5-14,22,25,27,37-38H,15H2,1-4H3/t22-,25-,27-,30+,31+/m1/s1. The molecule has 5 atom stereocenters. The normalized spacial score (nSPS) is 26.2. The van der Waals surface area contributed by atoms with Crippen molar-refractivity contribution in [3.8, 4) is 35.7 Å². The number of nitriles is 3. The molecular formula is C31H29N5O5. The van der Waals surface area contributed by atoms with E-state index in [2.05, 4.69) is 4.98 Å². The van der Waals surface area contributed by atoms with E-state index in [9.17, 15) is 26.0 Å². The summed E-state index contributed by atoms with van der Waals surface area (Å²) in [6.07, 6.45) is -1.34. The zero-order valence-corrected chi connectivity index (χ0v) is 23.1. The van der Waals surface area contributed by atoms with Gasteiger partial charge < -0.3 is 29.3 Å². The average molecular weight is 552 g/mol. The maximum atomic E-state index is 12.9. The molecule has 0 spiro atoms. The largest absolute Gasteiger partial charge is 0.481 e. The number of benzene rings is 2. The molecule has 208 valence electrons. The Morgan fingerprint density at radius 2 is 1.63 bits per heavy atom. The molecule has 0 saturated heterocycles. The molecule has 1 saturated carbocycles. The van der Waals surface area contributed by atoms with Crippen LogP contribution >= 0.6 is 0 Å². The quantitative estimate of drug-likeness (QED) is 0.448. The highest BCUT2D eigenvalue weighted by atomic mass is 16.5. The Morgan fingerprint density at radius 1 is 1.00 bits per heavy atom. The minimum atomic E-state index is -2.05. The molecule has 0 radical (unpaired) electrons. The number of aliphatic hydroxyl groups is 2. The number of pyridine rings is 1. The summed E-state index contributed by atoms with van der Waals surface area (Å²) < 4.78 is 17.8. The molecule has 0 unspecified atom stereocenters. The summed E-state index contributed by atoms with van der Waals surface area (Å²) in [6.45, 7) is 0.411. The number of hydrogen-bond donors (Lipinski definition) is 2. The Labute approximate surface area is 238 Å². The maximum Gasteiger partial charge on any atom is 0.253 e. The summed E-state index contributed by atoms with van der Waals surface area (Å²) >= 11 is 0. The Hall–Kier alpha value is -4.66. The van der Waals surface area contributed by atoms with Crippen molar-refractivity contribution in [3.63, 3.8) is 0 Å². The molecule has 2 N–H and O–H groups in total. The first-order chi connectivity index (χ1) is 19.7. The molecule has 1 fully saturated rings. The van der Waals surface area contributed by atoms with E-state index in [4.69, 9.17) is 14.2 Å². The van der Waals surface area contributed by atoms with Gasteiger partial charge in [-0.1, -0.05) is 54.6 Å². The predicted octanol–water partition coefficient (Wildman–Crippen LogP) is 2.72. The smallest absolute Gasteiger partial charge is 0.253 e. The summed E-state index contributed by atoms with van der Waals surface area (Å²) in [7, 11) is 6.65. The molecular weight excluding hydrogens is 522 g/mol. The van der Waals surface area contributed by atoms with Crippen LogP contribution in [0.25, 0.3) is 0 Å². The van der Waals surface area contributed by atoms with Crippen LogP contribution < -0.4 is 14.2 Å². The van der Waals surface area contributed by atoms with Crippen molar-refractivity contribution >= 4 is 0 Å². The summed E-state index contributed by atoms with van der Waals surface area (Å²) in [5.41, 5.74) is -3.99. The zero-order valence-electron chi connectivity index (χ0n) is 23.1. The van der Waals surface area contributed by atoms with Crippen LogP contribution in [0.4, 0.5) is 0 Å². The van der Waals surface area contributed by atoms with Crippen molar-refractivity contribution in [2.75, 3.05) is 34.9 Å². The lowest BCUT2D eigenvalue weighted by molar-refractivity contribution is -0.152. The molecule has 1 aromatic heterocycles. The lowest BCUT2D eigenvalue weighted by Crippen LogP contribution is -2.52. The van der Waals surface area contributed by atoms with Crippen molar-refractivity contribution < 1.29 is 24.4 Å². The van der Waals surface area contributed by atoms with Crippen molar-refractivity contribution in [1.82, 2.24) is 9.88 Å². The first kappa shape index (κ1) is 27.9. The van der Waals surface area contributed by atoms with Crippen LogP contribution in [0.2, 0.25) is 0 Å². The highest BCUT2D eigenvalue weighted by Crippen LogP contribution is 2.69. The van der Waals surface area contributed by atoms with E-state index in [1.807, 2.05) is 49.3 Å². The number of ether oxygens (including phenoxy) is 3. The van der Waals surface area contributed by atoms with Crippen LogP contribution in [0.15, 0.2) is 60.7 Å². The molecule has 0 amide bonds. The SMILES string of the molecule is COc1cc2c(c(OC)n1)[C@]1(O)[C@H](O)[C@H](CN(C)C)[C@@H](c3ccccc3)[C@]1(c1ccc(C(C#N)(C#N)C#N)cc1)O2. The van der Waals surface area contributed by atoms with Crippen LogP contribution in [-0.2, 0) is 16.6 Å². The van der Waals surface area contributed by atoms with E-state index in [0.29, 0.717) is 12.1 Å². The topological polar surface area (TPSA) is 156 Å². The predicted molar refractivity (Wildman–Crippen MR) is 146 cm³/mol. The number of aliphatic hydroxyl groups excluding tert-OH is 1. The van der Waals surface area contributed by atoms with Crippen LogP contribution in [0.1, 0.15) is 28.2 Å². The third-order valence-electron chi connectivity index (χ3n) is 8.23. The van der Waals surface area contributed by atoms with Gasteiger partial charge in [0.15, 0.2) is 11.2 Å². The second kappa shape index (κ2) is 10.1. The first-order valence-corrected chi connectivity index (χ1v) is 12.9. The van der Waals surface area contributed by atoms with Crippen LogP contribution in [0, 0.1) is 39.9 Å². The molecule has 1 aliphatic heterocycles. The van der Waals surface area contributed by atoms with Gasteiger partial charge in [-0.05, 0) is 25.2 Å². The van der Waals surface area contributed by atoms with Gasteiger partial charge in [0, 0.05) is 30.0 Å². The second-order valence-corrected chi connectivity index (χ2v) is 10.6. The Kier molecular flexibility index (Phi) is 6.85. The Morgan fingerprint density at radius 3 is 2.17 bits per heavy atom. The van der Waals surface area contributed by atoms with Gasteiger partial charge in [-0.25, -0.2) is 0 Å². The van der Waals surface area contributed by atoms with E-state index < -0.39 is 34.6 Å². The van der Waals surface area contributed by atoms with Gasteiger partial charge in [0.1, 0.15) is 24.0 Å². The average Bonchev–Trinajstić information content (AvgIpc) is 3.36. The van der Waals surface area contributed by atoms with E-state index in [1.165, 1.54) is 26.4 Å². The minimum Gasteiger partial charge on any atom is -0.481 e. The van der Waals surface area contributed by atoms with Crippen molar-refractivity contribution in [1.29, 1.82) is 15.8 Å². The van der Waals surface area contributed by atoms with Gasteiger partial charge in [0.05, 0.1) is 25.9 Å². The Balaban J connectivity index is 1.85. The summed E-state index contributed by atoms with van der Waals surface area (Å²) in [5, 5.41) is 53.9. The monoisotopic (exact) mass is 551 g/mol. The number of methoxy groups -OCH3 is 2. The van der Waals surface area contributed by atoms with Crippen molar-refractivity contribution in [2.24, 2.45) is 5.92 Å². The summed E-state index contributed by atoms with van der Waals surface area (Å²) in [6, 6.07) is 22.7. The molecule has 2 aromatic carbocycles. The fourth-order valence-electron chi connectivity index (χ4n) is 6.52. The van der Waals surface area contributed by atoms with Gasteiger partial charge in [0.25, 0.3) is 5.41 Å². The molecule has 2 aliphatic rings. The minimum absolute atomic E-state index is 0.0502. The van der Waals surface area contributed by atoms with Crippen LogP contribution in [0.3, 0.4) is 0 Å². The number of rotatable bonds is 7. The van der Waals surface area contributed by atoms with Crippen LogP contribution in [0.5, 0.6) is 17.5 Å². The van der Waals surface area contributed by atoms with E-state index in [1.54, 1.807) is 36.4 Å². The van der Waals surface area contributed by atoms with E-state index >= 15 is 0 Å². The number of nitrogens with zero attached hydrogens (tertiary/aromatic N) is 5. The van der Waals surface area contributed by atoms with Gasteiger partial charge in [-0.3, -0.25) is 0 Å². The number of fused-ring (bicyclic) bond motifs is 3. The number of aromatic nitrogens is 1. The van der Waals surface area contributed by atoms with Crippen molar-refractivity contribution in [3.05, 3.63) is 82.9 Å². The van der Waals surface area contributed by atoms with Crippen molar-refractivity contribution in [2.45, 2.75) is 28.6 Å². The lowest BCUT2D eigenvalue weighted by atomic mass is 9.70. The molecule has 3 aromatic rings. The van der Waals surface area contributed by atoms with Crippen LogP contribution in [-0.4, -0.2) is 61.1 Å². The third-order valence-corrected chi connectivity index (χ3v) is 8.23. The van der Waals surface area contributed by atoms with E-state index in [-0.39, 0.29) is 28.6 Å². The van der Waals surface area contributed by atoms with E-state index in [0.717, 1.165) is 5.56 Å². The summed E-state index contributed by atoms with van der Waals surface area (Å²) in [4.78, 5) is 6.34.